The maximum absolute atomic E-state index is 12.2. The number of aliphatic carboxylic acids is 1. The van der Waals surface area contributed by atoms with E-state index in [2.05, 4.69) is 18.2 Å². The van der Waals surface area contributed by atoms with E-state index in [0.29, 0.717) is 37.8 Å². The number of carbonyl (C=O) groups excluding carboxylic acids is 3. The smallest absolute Gasteiger partial charge is 0.300 e. The molecule has 2 rings (SSSR count). The van der Waals surface area contributed by atoms with Crippen LogP contribution >= 0.6 is 0 Å². The first-order valence-corrected chi connectivity index (χ1v) is 10.9. The van der Waals surface area contributed by atoms with Gasteiger partial charge in [0.2, 0.25) is 5.91 Å². The molecule has 0 spiro atoms. The summed E-state index contributed by atoms with van der Waals surface area (Å²) < 4.78 is 5.70. The quantitative estimate of drug-likeness (QED) is 0.311. The summed E-state index contributed by atoms with van der Waals surface area (Å²) in [5.41, 5.74) is 0. The second-order valence-electron chi connectivity index (χ2n) is 6.53. The molecule has 2 N–H and O–H groups in total. The Bertz CT molecular complexity index is 886. The number of carboxylic acids is 1. The van der Waals surface area contributed by atoms with Crippen molar-refractivity contribution in [2.45, 2.75) is 40.0 Å². The molecular weight excluding hydrogens is 436 g/mol. The van der Waals surface area contributed by atoms with Crippen molar-refractivity contribution in [1.29, 1.82) is 0 Å². The normalized spacial score (nSPS) is 8.88. The molecular formula is C26H36N2O6. The van der Waals surface area contributed by atoms with E-state index in [1.165, 1.54) is 0 Å². The van der Waals surface area contributed by atoms with Crippen molar-refractivity contribution in [3.05, 3.63) is 42.5 Å². The summed E-state index contributed by atoms with van der Waals surface area (Å²) >= 11 is 0. The fraction of sp³-hybridized carbons (Fsp3) is 0.385. The van der Waals surface area contributed by atoms with E-state index in [1.807, 2.05) is 56.3 Å². The number of nitrogens with one attached hydrogen (secondary N) is 1. The van der Waals surface area contributed by atoms with Gasteiger partial charge in [-0.05, 0) is 24.3 Å². The number of ether oxygens (including phenoxy) is 1. The molecule has 8 heteroatoms. The van der Waals surface area contributed by atoms with Gasteiger partial charge in [-0.15, -0.1) is 12.8 Å². The molecule has 2 amide bonds. The molecule has 0 atom stereocenters. The largest absolute Gasteiger partial charge is 0.483 e. The molecule has 2 aromatic carbocycles. The molecule has 0 radical (unpaired) electrons. The Hall–Kier alpha value is -3.86. The van der Waals surface area contributed by atoms with Crippen LogP contribution in [-0.4, -0.2) is 60.8 Å². The highest BCUT2D eigenvalue weighted by Crippen LogP contribution is 2.25. The molecule has 8 nitrogen and oxygen atoms in total. The van der Waals surface area contributed by atoms with Gasteiger partial charge in [-0.3, -0.25) is 14.4 Å². The Labute approximate surface area is 202 Å². The number of hydrogen-bond acceptors (Lipinski definition) is 5. The van der Waals surface area contributed by atoms with E-state index >= 15 is 0 Å². The summed E-state index contributed by atoms with van der Waals surface area (Å²) in [5.74, 6) is -0.398. The van der Waals surface area contributed by atoms with Crippen molar-refractivity contribution >= 4 is 34.8 Å². The summed E-state index contributed by atoms with van der Waals surface area (Å²) in [6.45, 7) is 5.66. The van der Waals surface area contributed by atoms with Crippen molar-refractivity contribution in [2.24, 2.45) is 0 Å². The van der Waals surface area contributed by atoms with E-state index in [0.717, 1.165) is 17.7 Å². The van der Waals surface area contributed by atoms with Crippen LogP contribution in [0.15, 0.2) is 42.5 Å². The van der Waals surface area contributed by atoms with Gasteiger partial charge in [-0.1, -0.05) is 50.2 Å². The second kappa shape index (κ2) is 21.0. The van der Waals surface area contributed by atoms with Crippen molar-refractivity contribution < 1.29 is 29.0 Å². The fourth-order valence-corrected chi connectivity index (χ4v) is 2.57. The highest BCUT2D eigenvalue weighted by Gasteiger charge is 2.11. The first-order chi connectivity index (χ1) is 16.3. The van der Waals surface area contributed by atoms with Crippen LogP contribution in [-0.2, 0) is 19.2 Å². The first kappa shape index (κ1) is 32.3. The number of nitrogens with zero attached hydrogens (tertiary/aromatic N) is 1. The van der Waals surface area contributed by atoms with Gasteiger partial charge in [0.1, 0.15) is 12.0 Å². The number of carboxylic acid groups (broad SMARTS) is 1. The molecule has 0 aliphatic heterocycles. The van der Waals surface area contributed by atoms with Crippen LogP contribution in [0.2, 0.25) is 0 Å². The van der Waals surface area contributed by atoms with Gasteiger partial charge in [0.05, 0.1) is 6.54 Å². The van der Waals surface area contributed by atoms with Crippen LogP contribution in [0, 0.1) is 12.8 Å². The third-order valence-electron chi connectivity index (χ3n) is 4.06. The monoisotopic (exact) mass is 472 g/mol. The van der Waals surface area contributed by atoms with Crippen molar-refractivity contribution in [2.75, 3.05) is 26.7 Å². The Morgan fingerprint density at radius 1 is 1.06 bits per heavy atom. The molecule has 0 bridgehead atoms. The standard InChI is InChI=1S/C20H24N2O4.C2H4O2.C2H6.C2H2/c1-22(13-5-4-11-19(24)21-12-14-23)20(25)15-26-18-10-6-8-16-7-2-3-9-17(16)18;1-2(3)4;2*1-2/h2-3,6-10,14H,4-5,11-13,15H2,1H3,(H,21,24);1H3,(H,3,4);1-2H3;1-2H. The minimum Gasteiger partial charge on any atom is -0.483 e. The van der Waals surface area contributed by atoms with Gasteiger partial charge in [-0.2, -0.15) is 0 Å². The number of amides is 2. The van der Waals surface area contributed by atoms with Crippen LogP contribution in [0.1, 0.15) is 40.0 Å². The Balaban J connectivity index is 0. The van der Waals surface area contributed by atoms with Gasteiger partial charge < -0.3 is 24.9 Å². The minimum absolute atomic E-state index is 0.0235. The summed E-state index contributed by atoms with van der Waals surface area (Å²) in [5, 5.41) is 12.0. The van der Waals surface area contributed by atoms with Crippen LogP contribution in [0.25, 0.3) is 10.8 Å². The molecule has 0 aliphatic carbocycles. The van der Waals surface area contributed by atoms with Crippen molar-refractivity contribution in [3.8, 4) is 18.6 Å². The van der Waals surface area contributed by atoms with Crippen molar-refractivity contribution in [1.82, 2.24) is 10.2 Å². The van der Waals surface area contributed by atoms with Crippen LogP contribution in [0.4, 0.5) is 0 Å². The van der Waals surface area contributed by atoms with Crippen LogP contribution in [0.3, 0.4) is 0 Å². The van der Waals surface area contributed by atoms with E-state index < -0.39 is 5.97 Å². The average molecular weight is 473 g/mol. The zero-order valence-electron chi connectivity index (χ0n) is 20.5. The lowest BCUT2D eigenvalue weighted by Crippen LogP contribution is -2.32. The van der Waals surface area contributed by atoms with Crippen LogP contribution < -0.4 is 10.1 Å². The number of benzene rings is 2. The Morgan fingerprint density at radius 2 is 1.65 bits per heavy atom. The first-order valence-electron chi connectivity index (χ1n) is 10.9. The molecule has 34 heavy (non-hydrogen) atoms. The molecule has 186 valence electrons. The third-order valence-corrected chi connectivity index (χ3v) is 4.06. The number of hydrogen-bond donors (Lipinski definition) is 2. The molecule has 0 aliphatic rings. The summed E-state index contributed by atoms with van der Waals surface area (Å²) in [6.07, 6.45) is 10.4. The minimum atomic E-state index is -0.833. The molecule has 2 aromatic rings. The molecule has 0 unspecified atom stereocenters. The number of rotatable bonds is 10. The Kier molecular flexibility index (Phi) is 20.0. The highest BCUT2D eigenvalue weighted by molar-refractivity contribution is 5.88. The van der Waals surface area contributed by atoms with E-state index in [9.17, 15) is 14.4 Å². The number of likely N-dealkylation sites (N-methyl/N-ethyl adjacent to an activating group) is 1. The van der Waals surface area contributed by atoms with Crippen molar-refractivity contribution in [3.63, 3.8) is 0 Å². The number of fused-ring (bicyclic) bond motifs is 1. The lowest BCUT2D eigenvalue weighted by molar-refractivity contribution is -0.134. The number of aldehydes is 1. The summed E-state index contributed by atoms with van der Waals surface area (Å²) in [4.78, 5) is 44.4. The zero-order valence-corrected chi connectivity index (χ0v) is 20.5. The predicted octanol–water partition coefficient (Wildman–Crippen LogP) is 3.53. The van der Waals surface area contributed by atoms with E-state index in [-0.39, 0.29) is 25.0 Å². The summed E-state index contributed by atoms with van der Waals surface area (Å²) in [6, 6.07) is 13.6. The predicted molar refractivity (Wildman–Crippen MR) is 135 cm³/mol. The van der Waals surface area contributed by atoms with Gasteiger partial charge in [0.25, 0.3) is 11.9 Å². The highest BCUT2D eigenvalue weighted by atomic mass is 16.5. The fourth-order valence-electron chi connectivity index (χ4n) is 2.57. The maximum Gasteiger partial charge on any atom is 0.300 e. The Morgan fingerprint density at radius 3 is 2.26 bits per heavy atom. The lowest BCUT2D eigenvalue weighted by Gasteiger charge is -2.17. The average Bonchev–Trinajstić information content (AvgIpc) is 2.85. The van der Waals surface area contributed by atoms with E-state index in [4.69, 9.17) is 14.6 Å². The SMILES string of the molecule is C#C.CC.CC(=O)O.CN(CCCCC(=O)NCC=O)C(=O)COc1cccc2ccccc12. The lowest BCUT2D eigenvalue weighted by atomic mass is 10.1. The second-order valence-corrected chi connectivity index (χ2v) is 6.53. The molecule has 0 fully saturated rings. The topological polar surface area (TPSA) is 113 Å². The van der Waals surface area contributed by atoms with Gasteiger partial charge in [-0.25, -0.2) is 0 Å². The maximum atomic E-state index is 12.2. The molecule has 0 aromatic heterocycles. The van der Waals surface area contributed by atoms with Gasteiger partial charge in [0.15, 0.2) is 6.61 Å². The van der Waals surface area contributed by atoms with E-state index in [1.54, 1.807) is 11.9 Å². The van der Waals surface area contributed by atoms with Crippen LogP contribution in [0.5, 0.6) is 5.75 Å². The van der Waals surface area contributed by atoms with Gasteiger partial charge >= 0.3 is 0 Å². The summed E-state index contributed by atoms with van der Waals surface area (Å²) in [7, 11) is 1.72. The zero-order chi connectivity index (χ0) is 26.4. The molecule has 0 saturated carbocycles. The number of carbonyl (C=O) groups is 4. The number of terminal acetylenes is 1. The molecule has 0 heterocycles. The number of unbranched alkanes of at least 4 members (excludes halogenated alkanes) is 1. The third kappa shape index (κ3) is 15.0. The van der Waals surface area contributed by atoms with Gasteiger partial charge in [0, 0.05) is 32.3 Å². The molecule has 0 saturated heterocycles.